The first-order valence-corrected chi connectivity index (χ1v) is 8.81. The lowest BCUT2D eigenvalue weighted by Gasteiger charge is -2.15. The lowest BCUT2D eigenvalue weighted by atomic mass is 10.2. The van der Waals surface area contributed by atoms with E-state index in [0.717, 1.165) is 0 Å². The van der Waals surface area contributed by atoms with Gasteiger partial charge in [0.1, 0.15) is 6.61 Å². The summed E-state index contributed by atoms with van der Waals surface area (Å²) in [6.07, 6.45) is 2.64. The molecule has 7 nitrogen and oxygen atoms in total. The molecule has 0 saturated heterocycles. The van der Waals surface area contributed by atoms with Crippen molar-refractivity contribution in [3.8, 4) is 11.5 Å². The average molecular weight is 406 g/mol. The summed E-state index contributed by atoms with van der Waals surface area (Å²) in [4.78, 5) is 22.4. The van der Waals surface area contributed by atoms with Crippen LogP contribution in [0, 0.1) is 10.1 Å². The predicted octanol–water partition coefficient (Wildman–Crippen LogP) is 4.80. The Bertz CT molecular complexity index is 894. The van der Waals surface area contributed by atoms with E-state index in [1.165, 1.54) is 31.4 Å². The van der Waals surface area contributed by atoms with E-state index in [1.807, 2.05) is 13.8 Å². The fourth-order valence-corrected chi connectivity index (χ4v) is 2.62. The summed E-state index contributed by atoms with van der Waals surface area (Å²) in [5.74, 6) is 0.222. The third-order valence-electron chi connectivity index (χ3n) is 3.58. The van der Waals surface area contributed by atoms with Crippen molar-refractivity contribution >= 4 is 29.3 Å². The second-order valence-electron chi connectivity index (χ2n) is 6.03. The number of hydrogen-bond donors (Lipinski definition) is 0. The van der Waals surface area contributed by atoms with Gasteiger partial charge in [0.15, 0.2) is 11.5 Å². The molecule has 2 aromatic carbocycles. The van der Waals surface area contributed by atoms with Crippen molar-refractivity contribution in [1.29, 1.82) is 0 Å². The van der Waals surface area contributed by atoms with E-state index < -0.39 is 10.9 Å². The molecule has 0 heterocycles. The van der Waals surface area contributed by atoms with E-state index in [4.69, 9.17) is 25.8 Å². The molecule has 148 valence electrons. The normalized spacial score (nSPS) is 10.9. The minimum atomic E-state index is -0.643. The van der Waals surface area contributed by atoms with Crippen LogP contribution in [0.2, 0.25) is 5.02 Å². The zero-order valence-electron chi connectivity index (χ0n) is 15.7. The number of ether oxygens (including phenoxy) is 3. The van der Waals surface area contributed by atoms with Crippen LogP contribution in [-0.2, 0) is 16.1 Å². The van der Waals surface area contributed by atoms with E-state index in [1.54, 1.807) is 24.3 Å². The van der Waals surface area contributed by atoms with Crippen LogP contribution in [0.1, 0.15) is 25.0 Å². The molecule has 0 unspecified atom stereocenters. The van der Waals surface area contributed by atoms with Crippen LogP contribution in [0.5, 0.6) is 11.5 Å². The number of benzene rings is 2. The van der Waals surface area contributed by atoms with Crippen LogP contribution >= 0.6 is 11.6 Å². The number of nitro benzene ring substituents is 1. The van der Waals surface area contributed by atoms with Crippen molar-refractivity contribution in [2.24, 2.45) is 0 Å². The molecule has 0 atom stereocenters. The molecule has 0 aliphatic rings. The maximum atomic E-state index is 12.0. The number of nitro groups is 1. The van der Waals surface area contributed by atoms with Gasteiger partial charge in [0, 0.05) is 12.1 Å². The molecule has 0 aliphatic heterocycles. The third-order valence-corrected chi connectivity index (χ3v) is 3.86. The number of para-hydroxylation sites is 1. The van der Waals surface area contributed by atoms with Crippen LogP contribution < -0.4 is 9.47 Å². The Balaban J connectivity index is 2.08. The highest BCUT2D eigenvalue weighted by atomic mass is 35.5. The van der Waals surface area contributed by atoms with E-state index >= 15 is 0 Å². The summed E-state index contributed by atoms with van der Waals surface area (Å²) in [5.41, 5.74) is 0.825. The fourth-order valence-electron chi connectivity index (χ4n) is 2.36. The van der Waals surface area contributed by atoms with Gasteiger partial charge in [-0.3, -0.25) is 10.1 Å². The molecule has 28 heavy (non-hydrogen) atoms. The SMILES string of the molecule is COc1cc(/C=C/C(=O)OCc2ccccc2[N+](=O)[O-])cc(Cl)c1OC(C)C. The monoisotopic (exact) mass is 405 g/mol. The van der Waals surface area contributed by atoms with Gasteiger partial charge in [-0.15, -0.1) is 0 Å². The Morgan fingerprint density at radius 1 is 1.29 bits per heavy atom. The number of carbonyl (C=O) groups excluding carboxylic acids is 1. The van der Waals surface area contributed by atoms with Crippen LogP contribution in [0.3, 0.4) is 0 Å². The van der Waals surface area contributed by atoms with Gasteiger partial charge in [-0.1, -0.05) is 23.7 Å². The Morgan fingerprint density at radius 2 is 2.00 bits per heavy atom. The van der Waals surface area contributed by atoms with Gasteiger partial charge >= 0.3 is 5.97 Å². The van der Waals surface area contributed by atoms with Crippen molar-refractivity contribution in [3.05, 3.63) is 68.7 Å². The number of hydrogen-bond acceptors (Lipinski definition) is 6. The minimum Gasteiger partial charge on any atom is -0.493 e. The molecule has 0 aliphatic carbocycles. The van der Waals surface area contributed by atoms with Crippen molar-refractivity contribution < 1.29 is 23.9 Å². The van der Waals surface area contributed by atoms with Gasteiger partial charge in [-0.05, 0) is 43.7 Å². The first-order chi connectivity index (χ1) is 13.3. The van der Waals surface area contributed by atoms with Crippen molar-refractivity contribution in [2.45, 2.75) is 26.6 Å². The first-order valence-electron chi connectivity index (χ1n) is 8.43. The van der Waals surface area contributed by atoms with Gasteiger partial charge in [0.05, 0.1) is 28.7 Å². The van der Waals surface area contributed by atoms with Crippen LogP contribution in [-0.4, -0.2) is 24.1 Å². The van der Waals surface area contributed by atoms with Gasteiger partial charge in [0.25, 0.3) is 5.69 Å². The molecular weight excluding hydrogens is 386 g/mol. The summed E-state index contributed by atoms with van der Waals surface area (Å²) in [5, 5.41) is 11.3. The van der Waals surface area contributed by atoms with E-state index in [9.17, 15) is 14.9 Å². The second-order valence-corrected chi connectivity index (χ2v) is 6.43. The number of carbonyl (C=O) groups is 1. The van der Waals surface area contributed by atoms with Gasteiger partial charge in [-0.2, -0.15) is 0 Å². The smallest absolute Gasteiger partial charge is 0.331 e. The third kappa shape index (κ3) is 5.72. The lowest BCUT2D eigenvalue weighted by molar-refractivity contribution is -0.385. The number of rotatable bonds is 8. The molecule has 0 bridgehead atoms. The molecule has 0 spiro atoms. The highest BCUT2D eigenvalue weighted by molar-refractivity contribution is 6.32. The van der Waals surface area contributed by atoms with Crippen LogP contribution in [0.25, 0.3) is 6.08 Å². The maximum absolute atomic E-state index is 12.0. The highest BCUT2D eigenvalue weighted by Gasteiger charge is 2.14. The van der Waals surface area contributed by atoms with Crippen LogP contribution in [0.4, 0.5) is 5.69 Å². The fraction of sp³-hybridized carbons (Fsp3) is 0.250. The number of methoxy groups -OCH3 is 1. The molecule has 0 aromatic heterocycles. The number of esters is 1. The average Bonchev–Trinajstić information content (AvgIpc) is 2.66. The van der Waals surface area contributed by atoms with E-state index in [2.05, 4.69) is 0 Å². The Morgan fingerprint density at radius 3 is 2.64 bits per heavy atom. The number of halogens is 1. The summed E-state index contributed by atoms with van der Waals surface area (Å²) in [7, 11) is 1.49. The zero-order valence-corrected chi connectivity index (χ0v) is 16.4. The van der Waals surface area contributed by atoms with E-state index in [-0.39, 0.29) is 18.4 Å². The summed E-state index contributed by atoms with van der Waals surface area (Å²) in [6, 6.07) is 9.39. The molecule has 0 radical (unpaired) electrons. The quantitative estimate of drug-likeness (QED) is 0.271. The Kier molecular flexibility index (Phi) is 7.40. The largest absolute Gasteiger partial charge is 0.493 e. The minimum absolute atomic E-state index is 0.0789. The summed E-state index contributed by atoms with van der Waals surface area (Å²) < 4.78 is 16.0. The molecule has 2 aromatic rings. The van der Waals surface area contributed by atoms with Gasteiger partial charge in [0.2, 0.25) is 0 Å². The van der Waals surface area contributed by atoms with Gasteiger partial charge < -0.3 is 14.2 Å². The lowest BCUT2D eigenvalue weighted by Crippen LogP contribution is -2.07. The second kappa shape index (κ2) is 9.75. The van der Waals surface area contributed by atoms with Crippen molar-refractivity contribution in [1.82, 2.24) is 0 Å². The first kappa shape index (κ1) is 21.2. The highest BCUT2D eigenvalue weighted by Crippen LogP contribution is 2.37. The summed E-state index contributed by atoms with van der Waals surface area (Å²) >= 11 is 6.24. The number of nitrogens with zero attached hydrogens (tertiary/aromatic N) is 1. The molecule has 0 amide bonds. The van der Waals surface area contributed by atoms with E-state index in [0.29, 0.717) is 27.6 Å². The standard InChI is InChI=1S/C20H20ClNO6/c1-13(2)28-20-16(21)10-14(11-18(20)26-3)8-9-19(23)27-12-15-6-4-5-7-17(15)22(24)25/h4-11,13H,12H2,1-3H3/b9-8+. The molecule has 0 saturated carbocycles. The molecule has 8 heteroatoms. The Hall–Kier alpha value is -3.06. The molecule has 2 rings (SSSR count). The maximum Gasteiger partial charge on any atom is 0.331 e. The van der Waals surface area contributed by atoms with Crippen LogP contribution in [0.15, 0.2) is 42.5 Å². The van der Waals surface area contributed by atoms with Crippen molar-refractivity contribution in [2.75, 3.05) is 7.11 Å². The van der Waals surface area contributed by atoms with Crippen molar-refractivity contribution in [3.63, 3.8) is 0 Å². The Labute approximate surface area is 167 Å². The molecule has 0 N–H and O–H groups in total. The molecular formula is C20H20ClNO6. The zero-order chi connectivity index (χ0) is 20.7. The van der Waals surface area contributed by atoms with Gasteiger partial charge in [-0.25, -0.2) is 4.79 Å². The predicted molar refractivity (Wildman–Crippen MR) is 106 cm³/mol. The topological polar surface area (TPSA) is 87.9 Å². The molecule has 0 fully saturated rings. The summed E-state index contributed by atoms with van der Waals surface area (Å²) in [6.45, 7) is 3.54.